The van der Waals surface area contributed by atoms with Crippen molar-refractivity contribution < 1.29 is 9.53 Å². The number of benzene rings is 2. The predicted octanol–water partition coefficient (Wildman–Crippen LogP) is 5.04. The van der Waals surface area contributed by atoms with Gasteiger partial charge in [-0.1, -0.05) is 30.8 Å². The van der Waals surface area contributed by atoms with E-state index in [9.17, 15) is 4.79 Å². The molecule has 0 atom stereocenters. The molecule has 0 unspecified atom stereocenters. The summed E-state index contributed by atoms with van der Waals surface area (Å²) in [6.07, 6.45) is 1.61. The van der Waals surface area contributed by atoms with E-state index in [4.69, 9.17) is 4.74 Å². The number of carbonyl (C=O) groups is 1. The van der Waals surface area contributed by atoms with Crippen LogP contribution < -0.4 is 0 Å². The Morgan fingerprint density at radius 3 is 2.61 bits per heavy atom. The van der Waals surface area contributed by atoms with E-state index in [0.717, 1.165) is 40.7 Å². The minimum absolute atomic E-state index is 0.0389. The van der Waals surface area contributed by atoms with Crippen molar-refractivity contribution >= 4 is 27.9 Å². The van der Waals surface area contributed by atoms with Gasteiger partial charge in [0.2, 0.25) is 0 Å². The fourth-order valence-corrected chi connectivity index (χ4v) is 3.72. The topological polar surface area (TPSA) is 26.3 Å². The Balaban J connectivity index is 2.09. The predicted molar refractivity (Wildman–Crippen MR) is 94.0 cm³/mol. The van der Waals surface area contributed by atoms with Crippen LogP contribution in [0.15, 0.2) is 42.5 Å². The molecule has 0 saturated carbocycles. The van der Waals surface area contributed by atoms with Gasteiger partial charge in [0.25, 0.3) is 0 Å². The molecule has 2 heteroatoms. The van der Waals surface area contributed by atoms with Crippen molar-refractivity contribution in [2.75, 3.05) is 0 Å². The first-order valence-electron chi connectivity index (χ1n) is 8.08. The van der Waals surface area contributed by atoms with E-state index < -0.39 is 0 Å². The van der Waals surface area contributed by atoms with Crippen molar-refractivity contribution in [3.63, 3.8) is 0 Å². The Labute approximate surface area is 136 Å². The smallest absolute Gasteiger partial charge is 0.192 e. The van der Waals surface area contributed by atoms with Gasteiger partial charge in [-0.05, 0) is 56.0 Å². The van der Waals surface area contributed by atoms with Crippen LogP contribution in [0.25, 0.3) is 22.1 Å². The Kier molecular flexibility index (Phi) is 2.84. The van der Waals surface area contributed by atoms with E-state index >= 15 is 0 Å². The highest BCUT2D eigenvalue weighted by atomic mass is 16.5. The molecule has 23 heavy (non-hydrogen) atoms. The molecule has 0 fully saturated rings. The van der Waals surface area contributed by atoms with Gasteiger partial charge in [-0.25, -0.2) is 0 Å². The second kappa shape index (κ2) is 4.58. The second-order valence-corrected chi connectivity index (χ2v) is 7.14. The SMILES string of the molecule is C=C1C(=O)C2=C(OC(C)(C)CC2)c2cc(C)c3ccccc3c21. The molecule has 0 spiro atoms. The summed E-state index contributed by atoms with van der Waals surface area (Å²) in [7, 11) is 0. The molecule has 0 bridgehead atoms. The molecule has 0 N–H and O–H groups in total. The summed E-state index contributed by atoms with van der Waals surface area (Å²) in [5.74, 6) is 0.805. The highest BCUT2D eigenvalue weighted by Crippen LogP contribution is 2.46. The van der Waals surface area contributed by atoms with Crippen molar-refractivity contribution in [2.24, 2.45) is 0 Å². The third-order valence-electron chi connectivity index (χ3n) is 4.98. The van der Waals surface area contributed by atoms with Crippen LogP contribution in [0.3, 0.4) is 0 Å². The molecule has 0 saturated heterocycles. The second-order valence-electron chi connectivity index (χ2n) is 7.14. The maximum Gasteiger partial charge on any atom is 0.192 e. The van der Waals surface area contributed by atoms with E-state index in [1.54, 1.807) is 0 Å². The first-order valence-corrected chi connectivity index (χ1v) is 8.08. The Morgan fingerprint density at radius 1 is 1.17 bits per heavy atom. The highest BCUT2D eigenvalue weighted by molar-refractivity contribution is 6.35. The van der Waals surface area contributed by atoms with Gasteiger partial charge in [-0.15, -0.1) is 0 Å². The minimum atomic E-state index is -0.241. The number of rotatable bonds is 0. The van der Waals surface area contributed by atoms with Crippen molar-refractivity contribution in [2.45, 2.75) is 39.2 Å². The fraction of sp³-hybridized carbons (Fsp3) is 0.286. The van der Waals surface area contributed by atoms with E-state index in [1.165, 1.54) is 10.9 Å². The lowest BCUT2D eigenvalue weighted by Gasteiger charge is -2.37. The van der Waals surface area contributed by atoms with Crippen molar-refractivity contribution in [3.05, 3.63) is 59.2 Å². The maximum atomic E-state index is 12.8. The van der Waals surface area contributed by atoms with Crippen molar-refractivity contribution in [1.29, 1.82) is 0 Å². The standard InChI is InChI=1S/C21H20O2/c1-12-11-17-18(15-8-6-5-7-14(12)15)13(2)19(22)16-9-10-21(3,4)23-20(16)17/h5-8,11H,2,9-10H2,1,3-4H3. The van der Waals surface area contributed by atoms with Crippen LogP contribution in [-0.2, 0) is 9.53 Å². The molecule has 116 valence electrons. The number of fused-ring (bicyclic) bond motifs is 4. The van der Waals surface area contributed by atoms with Gasteiger partial charge in [-0.2, -0.15) is 0 Å². The van der Waals surface area contributed by atoms with Crippen LogP contribution in [0.2, 0.25) is 0 Å². The number of aryl methyl sites for hydroxylation is 1. The minimum Gasteiger partial charge on any atom is -0.487 e. The van der Waals surface area contributed by atoms with Crippen molar-refractivity contribution in [3.8, 4) is 0 Å². The molecule has 2 aromatic rings. The van der Waals surface area contributed by atoms with Gasteiger partial charge >= 0.3 is 0 Å². The monoisotopic (exact) mass is 304 g/mol. The quantitative estimate of drug-likeness (QED) is 0.637. The number of ketones is 1. The summed E-state index contributed by atoms with van der Waals surface area (Å²) in [5.41, 5.74) is 4.30. The number of carbonyl (C=O) groups excluding carboxylic acids is 1. The van der Waals surface area contributed by atoms with Crippen LogP contribution in [0, 0.1) is 6.92 Å². The molecule has 1 heterocycles. The van der Waals surface area contributed by atoms with Crippen LogP contribution in [0.4, 0.5) is 0 Å². The summed E-state index contributed by atoms with van der Waals surface area (Å²) in [4.78, 5) is 12.8. The van der Waals surface area contributed by atoms with E-state index in [-0.39, 0.29) is 11.4 Å². The molecule has 0 amide bonds. The van der Waals surface area contributed by atoms with Gasteiger partial charge in [0.1, 0.15) is 11.4 Å². The van der Waals surface area contributed by atoms with Crippen LogP contribution in [0.5, 0.6) is 0 Å². The third-order valence-corrected chi connectivity index (χ3v) is 4.98. The number of hydrogen-bond acceptors (Lipinski definition) is 2. The van der Waals surface area contributed by atoms with Crippen LogP contribution >= 0.6 is 0 Å². The first kappa shape index (κ1) is 14.3. The molecule has 4 rings (SSSR count). The average molecular weight is 304 g/mol. The molecule has 2 aromatic carbocycles. The van der Waals surface area contributed by atoms with E-state index in [1.807, 2.05) is 12.1 Å². The zero-order valence-electron chi connectivity index (χ0n) is 13.8. The van der Waals surface area contributed by atoms with Crippen molar-refractivity contribution in [1.82, 2.24) is 0 Å². The Bertz CT molecular complexity index is 913. The Morgan fingerprint density at radius 2 is 1.87 bits per heavy atom. The lowest BCUT2D eigenvalue weighted by atomic mass is 9.78. The van der Waals surface area contributed by atoms with Gasteiger partial charge in [0.05, 0.1) is 0 Å². The number of ether oxygens (including phenoxy) is 1. The molecular weight excluding hydrogens is 284 g/mol. The average Bonchev–Trinajstić information content (AvgIpc) is 2.52. The molecule has 0 radical (unpaired) electrons. The molecule has 2 nitrogen and oxygen atoms in total. The summed E-state index contributed by atoms with van der Waals surface area (Å²) in [6.45, 7) is 10.4. The zero-order chi connectivity index (χ0) is 16.4. The lowest BCUT2D eigenvalue weighted by Crippen LogP contribution is -2.32. The van der Waals surface area contributed by atoms with Gasteiger partial charge in [0, 0.05) is 22.3 Å². The normalized spacial score (nSPS) is 19.4. The summed E-state index contributed by atoms with van der Waals surface area (Å²) >= 11 is 0. The molecule has 1 aliphatic carbocycles. The zero-order valence-corrected chi connectivity index (χ0v) is 13.8. The largest absolute Gasteiger partial charge is 0.487 e. The maximum absolute atomic E-state index is 12.8. The van der Waals surface area contributed by atoms with E-state index in [2.05, 4.69) is 45.5 Å². The van der Waals surface area contributed by atoms with Gasteiger partial charge < -0.3 is 4.74 Å². The lowest BCUT2D eigenvalue weighted by molar-refractivity contribution is -0.111. The van der Waals surface area contributed by atoms with Gasteiger partial charge in [0.15, 0.2) is 5.78 Å². The number of hydrogen-bond donors (Lipinski definition) is 0. The third kappa shape index (κ3) is 1.98. The first-order chi connectivity index (χ1) is 10.9. The molecule has 1 aliphatic heterocycles. The highest BCUT2D eigenvalue weighted by Gasteiger charge is 2.38. The van der Waals surface area contributed by atoms with Crippen LogP contribution in [0.1, 0.15) is 43.4 Å². The fourth-order valence-electron chi connectivity index (χ4n) is 3.72. The van der Waals surface area contributed by atoms with E-state index in [0.29, 0.717) is 5.57 Å². The summed E-state index contributed by atoms with van der Waals surface area (Å²) in [6, 6.07) is 10.3. The summed E-state index contributed by atoms with van der Waals surface area (Å²) < 4.78 is 6.24. The number of allylic oxidation sites excluding steroid dienone is 2. The summed E-state index contributed by atoms with van der Waals surface area (Å²) in [5, 5.41) is 2.25. The molecular formula is C21H20O2. The molecule has 2 aliphatic rings. The van der Waals surface area contributed by atoms with Gasteiger partial charge in [-0.3, -0.25) is 4.79 Å². The Hall–Kier alpha value is -2.35. The molecule has 0 aromatic heterocycles. The van der Waals surface area contributed by atoms with Crippen LogP contribution in [-0.4, -0.2) is 11.4 Å². The number of Topliss-reactive ketones (excluding diaryl/α,β-unsaturated/α-hetero) is 1.